The summed E-state index contributed by atoms with van der Waals surface area (Å²) >= 11 is 0. The van der Waals surface area contributed by atoms with Crippen LogP contribution in [0, 0.1) is 11.6 Å². The first-order valence-electron chi connectivity index (χ1n) is 5.44. The lowest BCUT2D eigenvalue weighted by molar-refractivity contribution is 0.107. The highest BCUT2D eigenvalue weighted by Crippen LogP contribution is 2.15. The number of benzene rings is 1. The van der Waals surface area contributed by atoms with Gasteiger partial charge in [0.1, 0.15) is 11.6 Å². The summed E-state index contributed by atoms with van der Waals surface area (Å²) in [6.07, 6.45) is 0. The molecule has 0 saturated carbocycles. The van der Waals surface area contributed by atoms with Gasteiger partial charge in [-0.25, -0.2) is 8.78 Å². The molecular formula is C11H16F2O3Si. The summed E-state index contributed by atoms with van der Waals surface area (Å²) in [5.74, 6) is -1.35. The fourth-order valence-electron chi connectivity index (χ4n) is 1.57. The van der Waals surface area contributed by atoms with Crippen molar-refractivity contribution < 1.29 is 22.4 Å². The molecule has 0 atom stereocenters. The van der Waals surface area contributed by atoms with Gasteiger partial charge in [-0.3, -0.25) is 0 Å². The maximum absolute atomic E-state index is 13.0. The molecule has 3 nitrogen and oxygen atoms in total. The zero-order valence-electron chi connectivity index (χ0n) is 9.87. The molecule has 0 spiro atoms. The van der Waals surface area contributed by atoms with Crippen LogP contribution in [0.1, 0.15) is 19.4 Å². The summed E-state index contributed by atoms with van der Waals surface area (Å²) in [5.41, 5.74) is 0.332. The second-order valence-corrected chi connectivity index (χ2v) is 5.89. The van der Waals surface area contributed by atoms with Gasteiger partial charge in [0.05, 0.1) is 0 Å². The SMILES string of the molecule is CCO[Si](O)(Cc1cc(F)cc(F)c1)OCC. The first kappa shape index (κ1) is 14.2. The summed E-state index contributed by atoms with van der Waals surface area (Å²) < 4.78 is 36.3. The third-order valence-electron chi connectivity index (χ3n) is 2.09. The van der Waals surface area contributed by atoms with Gasteiger partial charge in [0.15, 0.2) is 0 Å². The van der Waals surface area contributed by atoms with E-state index in [0.29, 0.717) is 18.8 Å². The molecule has 0 aliphatic rings. The lowest BCUT2D eigenvalue weighted by atomic mass is 10.2. The standard InChI is InChI=1S/C11H16F2O3Si/c1-3-15-17(14,16-4-2)8-9-5-10(12)7-11(13)6-9/h5-7,14H,3-4,8H2,1-2H3. The molecular weight excluding hydrogens is 246 g/mol. The molecule has 1 aromatic rings. The van der Waals surface area contributed by atoms with Crippen LogP contribution in [0.15, 0.2) is 18.2 Å². The quantitative estimate of drug-likeness (QED) is 0.797. The van der Waals surface area contributed by atoms with Crippen molar-refractivity contribution in [1.82, 2.24) is 0 Å². The van der Waals surface area contributed by atoms with Gasteiger partial charge in [-0.2, -0.15) is 0 Å². The van der Waals surface area contributed by atoms with Crippen LogP contribution < -0.4 is 0 Å². The molecule has 0 aliphatic carbocycles. The van der Waals surface area contributed by atoms with Crippen LogP contribution >= 0.6 is 0 Å². The Hall–Kier alpha value is -0.823. The fraction of sp³-hybridized carbons (Fsp3) is 0.455. The van der Waals surface area contributed by atoms with Crippen LogP contribution in [-0.4, -0.2) is 26.8 Å². The second-order valence-electron chi connectivity index (χ2n) is 3.53. The van der Waals surface area contributed by atoms with Crippen LogP contribution in [0.2, 0.25) is 0 Å². The Morgan fingerprint density at radius 3 is 1.94 bits per heavy atom. The molecule has 6 heteroatoms. The third kappa shape index (κ3) is 4.51. The van der Waals surface area contributed by atoms with Crippen molar-refractivity contribution in [2.75, 3.05) is 13.2 Å². The molecule has 0 bridgehead atoms. The van der Waals surface area contributed by atoms with Crippen molar-refractivity contribution in [2.45, 2.75) is 19.9 Å². The van der Waals surface area contributed by atoms with E-state index in [1.54, 1.807) is 13.8 Å². The van der Waals surface area contributed by atoms with E-state index in [9.17, 15) is 13.6 Å². The highest BCUT2D eigenvalue weighted by atomic mass is 28.4. The van der Waals surface area contributed by atoms with Crippen LogP contribution in [0.5, 0.6) is 0 Å². The second kappa shape index (κ2) is 6.20. The molecule has 96 valence electrons. The minimum Gasteiger partial charge on any atom is -0.389 e. The smallest absolute Gasteiger partial charge is 0.389 e. The first-order chi connectivity index (χ1) is 7.99. The first-order valence-corrected chi connectivity index (χ1v) is 7.41. The minimum absolute atomic E-state index is 0.00333. The minimum atomic E-state index is -3.37. The Morgan fingerprint density at radius 1 is 1.06 bits per heavy atom. The van der Waals surface area contributed by atoms with E-state index in [0.717, 1.165) is 6.07 Å². The predicted octanol–water partition coefficient (Wildman–Crippen LogP) is 2.05. The maximum atomic E-state index is 13.0. The Morgan fingerprint density at radius 2 is 1.53 bits per heavy atom. The zero-order valence-corrected chi connectivity index (χ0v) is 10.9. The van der Waals surface area contributed by atoms with E-state index in [2.05, 4.69) is 0 Å². The van der Waals surface area contributed by atoms with Gasteiger partial charge in [0.2, 0.25) is 0 Å². The number of halogens is 2. The zero-order chi connectivity index (χ0) is 12.9. The van der Waals surface area contributed by atoms with Gasteiger partial charge in [-0.15, -0.1) is 0 Å². The van der Waals surface area contributed by atoms with Crippen LogP contribution in [0.4, 0.5) is 8.78 Å². The van der Waals surface area contributed by atoms with Crippen LogP contribution in [0.3, 0.4) is 0 Å². The van der Waals surface area contributed by atoms with E-state index in [-0.39, 0.29) is 6.04 Å². The summed E-state index contributed by atoms with van der Waals surface area (Å²) in [6.45, 7) is 4.04. The van der Waals surface area contributed by atoms with Gasteiger partial charge in [-0.1, -0.05) is 0 Å². The molecule has 0 heterocycles. The Bertz CT molecular complexity index is 347. The van der Waals surface area contributed by atoms with E-state index in [4.69, 9.17) is 8.85 Å². The monoisotopic (exact) mass is 262 g/mol. The third-order valence-corrected chi connectivity index (χ3v) is 4.42. The topological polar surface area (TPSA) is 38.7 Å². The number of hydrogen-bond donors (Lipinski definition) is 1. The normalized spacial score (nSPS) is 11.8. The van der Waals surface area contributed by atoms with Gasteiger partial charge in [0.25, 0.3) is 0 Å². The van der Waals surface area contributed by atoms with E-state index in [1.807, 2.05) is 0 Å². The summed E-state index contributed by atoms with van der Waals surface area (Å²) in [7, 11) is -3.37. The van der Waals surface area contributed by atoms with E-state index < -0.39 is 20.4 Å². The number of hydrogen-bond acceptors (Lipinski definition) is 3. The highest BCUT2D eigenvalue weighted by molar-refractivity contribution is 6.58. The molecule has 0 fully saturated rings. The van der Waals surface area contributed by atoms with Crippen molar-refractivity contribution >= 4 is 8.80 Å². The van der Waals surface area contributed by atoms with E-state index in [1.165, 1.54) is 12.1 Å². The molecule has 0 saturated heterocycles. The van der Waals surface area contributed by atoms with Gasteiger partial charge in [-0.05, 0) is 31.5 Å². The average Bonchev–Trinajstić information content (AvgIpc) is 2.15. The molecule has 1 aromatic carbocycles. The van der Waals surface area contributed by atoms with E-state index >= 15 is 0 Å². The van der Waals surface area contributed by atoms with Crippen molar-refractivity contribution in [3.05, 3.63) is 35.4 Å². The predicted molar refractivity (Wildman–Crippen MR) is 61.3 cm³/mol. The molecule has 1 N–H and O–H groups in total. The molecule has 0 radical (unpaired) electrons. The van der Waals surface area contributed by atoms with Gasteiger partial charge < -0.3 is 13.6 Å². The molecule has 0 unspecified atom stereocenters. The van der Waals surface area contributed by atoms with Crippen LogP contribution in [0.25, 0.3) is 0 Å². The molecule has 17 heavy (non-hydrogen) atoms. The lowest BCUT2D eigenvalue weighted by Gasteiger charge is -2.22. The maximum Gasteiger partial charge on any atom is 0.502 e. The Kier molecular flexibility index (Phi) is 5.19. The fourth-order valence-corrected chi connectivity index (χ4v) is 3.48. The van der Waals surface area contributed by atoms with Crippen molar-refractivity contribution in [1.29, 1.82) is 0 Å². The van der Waals surface area contributed by atoms with Crippen molar-refractivity contribution in [2.24, 2.45) is 0 Å². The van der Waals surface area contributed by atoms with Gasteiger partial charge >= 0.3 is 8.80 Å². The molecule has 0 amide bonds. The largest absolute Gasteiger partial charge is 0.502 e. The highest BCUT2D eigenvalue weighted by Gasteiger charge is 2.36. The molecule has 0 aliphatic heterocycles. The average molecular weight is 262 g/mol. The Balaban J connectivity index is 2.85. The summed E-state index contributed by atoms with van der Waals surface area (Å²) in [6, 6.07) is 3.12. The lowest BCUT2D eigenvalue weighted by Crippen LogP contribution is -2.45. The van der Waals surface area contributed by atoms with Crippen molar-refractivity contribution in [3.63, 3.8) is 0 Å². The molecule has 1 rings (SSSR count). The molecule has 0 aromatic heterocycles. The summed E-state index contributed by atoms with van der Waals surface area (Å²) in [5, 5.41) is 0. The van der Waals surface area contributed by atoms with Gasteiger partial charge in [0, 0.05) is 25.3 Å². The summed E-state index contributed by atoms with van der Waals surface area (Å²) in [4.78, 5) is 10.1. The van der Waals surface area contributed by atoms with Crippen molar-refractivity contribution in [3.8, 4) is 0 Å². The Labute approximate surface area is 100 Å². The van der Waals surface area contributed by atoms with Crippen LogP contribution in [-0.2, 0) is 14.9 Å². The number of rotatable bonds is 6.